The molecule has 2 heterocycles. The summed E-state index contributed by atoms with van der Waals surface area (Å²) in [5.41, 5.74) is 0. The summed E-state index contributed by atoms with van der Waals surface area (Å²) in [4.78, 5) is 17.8. The quantitative estimate of drug-likeness (QED) is 0.791. The molecule has 0 unspecified atom stereocenters. The molecule has 0 spiro atoms. The number of carbonyl (C=O) groups is 1. The highest BCUT2D eigenvalue weighted by Crippen LogP contribution is 2.40. The fourth-order valence-corrected chi connectivity index (χ4v) is 4.86. The van der Waals surface area contributed by atoms with E-state index in [2.05, 4.69) is 9.80 Å². The van der Waals surface area contributed by atoms with Gasteiger partial charge in [0.1, 0.15) is 0 Å². The highest BCUT2D eigenvalue weighted by molar-refractivity contribution is 5.83. The van der Waals surface area contributed by atoms with Crippen molar-refractivity contribution >= 4 is 5.91 Å². The van der Waals surface area contributed by atoms with E-state index in [0.717, 1.165) is 38.0 Å². The summed E-state index contributed by atoms with van der Waals surface area (Å²) in [7, 11) is 0. The van der Waals surface area contributed by atoms with Crippen LogP contribution in [0, 0.1) is 17.8 Å². The van der Waals surface area contributed by atoms with Gasteiger partial charge in [0, 0.05) is 13.1 Å². The van der Waals surface area contributed by atoms with Crippen LogP contribution in [-0.4, -0.2) is 47.9 Å². The summed E-state index contributed by atoms with van der Waals surface area (Å²) in [6, 6.07) is 0.248. The molecule has 4 aliphatic rings. The van der Waals surface area contributed by atoms with Crippen molar-refractivity contribution in [3.05, 3.63) is 0 Å². The number of hydrogen-bond acceptors (Lipinski definition) is 2. The maximum Gasteiger partial charge on any atom is 0.240 e. The molecule has 2 aliphatic carbocycles. The third kappa shape index (κ3) is 2.38. The van der Waals surface area contributed by atoms with Gasteiger partial charge in [-0.3, -0.25) is 9.69 Å². The third-order valence-corrected chi connectivity index (χ3v) is 6.14. The molecule has 3 heteroatoms. The molecule has 0 aromatic rings. The van der Waals surface area contributed by atoms with Crippen molar-refractivity contribution in [2.24, 2.45) is 17.8 Å². The van der Waals surface area contributed by atoms with E-state index in [1.807, 2.05) is 0 Å². The van der Waals surface area contributed by atoms with E-state index in [4.69, 9.17) is 0 Å². The van der Waals surface area contributed by atoms with Crippen molar-refractivity contribution in [3.63, 3.8) is 0 Å². The molecule has 1 amide bonds. The SMILES string of the molecule is O=C([C@@H](C1CC1)N1CCCC1)N1C[C@H]2CCCC[C@H]2C1. The van der Waals surface area contributed by atoms with Crippen molar-refractivity contribution in [2.45, 2.75) is 57.4 Å². The van der Waals surface area contributed by atoms with Gasteiger partial charge in [-0.1, -0.05) is 12.8 Å². The minimum Gasteiger partial charge on any atom is -0.341 e. The van der Waals surface area contributed by atoms with Gasteiger partial charge in [0.05, 0.1) is 6.04 Å². The molecule has 0 radical (unpaired) electrons. The van der Waals surface area contributed by atoms with E-state index in [0.29, 0.717) is 11.8 Å². The summed E-state index contributed by atoms with van der Waals surface area (Å²) in [6.45, 7) is 4.46. The summed E-state index contributed by atoms with van der Waals surface area (Å²) in [5.74, 6) is 2.82. The van der Waals surface area contributed by atoms with Crippen molar-refractivity contribution in [1.82, 2.24) is 9.80 Å². The van der Waals surface area contributed by atoms with Crippen LogP contribution in [0.25, 0.3) is 0 Å². The maximum absolute atomic E-state index is 13.0. The maximum atomic E-state index is 13.0. The Morgan fingerprint density at radius 1 is 0.850 bits per heavy atom. The fraction of sp³-hybridized carbons (Fsp3) is 0.941. The van der Waals surface area contributed by atoms with Crippen LogP contribution in [0.5, 0.6) is 0 Å². The molecule has 20 heavy (non-hydrogen) atoms. The van der Waals surface area contributed by atoms with Gasteiger partial charge in [-0.05, 0) is 69.4 Å². The van der Waals surface area contributed by atoms with Gasteiger partial charge in [-0.25, -0.2) is 0 Å². The topological polar surface area (TPSA) is 23.6 Å². The molecule has 0 aromatic carbocycles. The molecule has 4 rings (SSSR count). The molecule has 0 aromatic heterocycles. The highest BCUT2D eigenvalue weighted by Gasteiger charge is 2.45. The summed E-state index contributed by atoms with van der Waals surface area (Å²) in [5, 5.41) is 0. The van der Waals surface area contributed by atoms with Crippen LogP contribution < -0.4 is 0 Å². The number of rotatable bonds is 3. The molecule has 3 nitrogen and oxygen atoms in total. The smallest absolute Gasteiger partial charge is 0.240 e. The van der Waals surface area contributed by atoms with Crippen LogP contribution in [0.4, 0.5) is 0 Å². The average molecular weight is 276 g/mol. The van der Waals surface area contributed by atoms with E-state index in [1.54, 1.807) is 0 Å². The lowest BCUT2D eigenvalue weighted by molar-refractivity contribution is -0.136. The molecule has 0 N–H and O–H groups in total. The Kier molecular flexibility index (Phi) is 3.49. The molecular formula is C17H28N2O. The first-order valence-electron chi connectivity index (χ1n) is 8.86. The van der Waals surface area contributed by atoms with Crippen LogP contribution in [-0.2, 0) is 4.79 Å². The van der Waals surface area contributed by atoms with Gasteiger partial charge in [0.15, 0.2) is 0 Å². The van der Waals surface area contributed by atoms with Crippen molar-refractivity contribution in [3.8, 4) is 0 Å². The second-order valence-electron chi connectivity index (χ2n) is 7.57. The Labute approximate surface area is 122 Å². The molecule has 3 atom stereocenters. The van der Waals surface area contributed by atoms with Gasteiger partial charge in [0.25, 0.3) is 0 Å². The summed E-state index contributed by atoms with van der Waals surface area (Å²) < 4.78 is 0. The first-order valence-corrected chi connectivity index (χ1v) is 8.86. The molecule has 2 saturated heterocycles. The van der Waals surface area contributed by atoms with Crippen LogP contribution in [0.1, 0.15) is 51.4 Å². The zero-order valence-electron chi connectivity index (χ0n) is 12.6. The van der Waals surface area contributed by atoms with Crippen LogP contribution in [0.2, 0.25) is 0 Å². The molecule has 112 valence electrons. The molecular weight excluding hydrogens is 248 g/mol. The van der Waals surface area contributed by atoms with E-state index in [-0.39, 0.29) is 6.04 Å². The lowest BCUT2D eigenvalue weighted by atomic mass is 9.82. The molecule has 4 fully saturated rings. The Hall–Kier alpha value is -0.570. The predicted octanol–water partition coefficient (Wildman–Crippen LogP) is 2.51. The van der Waals surface area contributed by atoms with Gasteiger partial charge < -0.3 is 4.90 Å². The van der Waals surface area contributed by atoms with Crippen LogP contribution in [0.3, 0.4) is 0 Å². The number of hydrogen-bond donors (Lipinski definition) is 0. The zero-order chi connectivity index (χ0) is 13.5. The average Bonchev–Trinajstić information content (AvgIpc) is 3.00. The third-order valence-electron chi connectivity index (χ3n) is 6.14. The lowest BCUT2D eigenvalue weighted by Gasteiger charge is -2.30. The number of fused-ring (bicyclic) bond motifs is 1. The zero-order valence-corrected chi connectivity index (χ0v) is 12.6. The van der Waals surface area contributed by atoms with Crippen LogP contribution in [0.15, 0.2) is 0 Å². The standard InChI is InChI=1S/C17H28N2O/c20-17(16(13-7-8-13)18-9-3-4-10-18)19-11-14-5-1-2-6-15(14)12-19/h13-16H,1-12H2/t14-,15+,16-/m1/s1. The van der Waals surface area contributed by atoms with Gasteiger partial charge >= 0.3 is 0 Å². The number of amides is 1. The van der Waals surface area contributed by atoms with Crippen molar-refractivity contribution in [2.75, 3.05) is 26.2 Å². The monoisotopic (exact) mass is 276 g/mol. The summed E-state index contributed by atoms with van der Waals surface area (Å²) in [6.07, 6.45) is 10.7. The number of carbonyl (C=O) groups excluding carboxylic acids is 1. The normalized spacial score (nSPS) is 36.1. The van der Waals surface area contributed by atoms with E-state index >= 15 is 0 Å². The number of nitrogens with zero attached hydrogens (tertiary/aromatic N) is 2. The number of likely N-dealkylation sites (tertiary alicyclic amines) is 2. The Balaban J connectivity index is 1.45. The lowest BCUT2D eigenvalue weighted by Crippen LogP contribution is -2.48. The van der Waals surface area contributed by atoms with Crippen molar-refractivity contribution in [1.29, 1.82) is 0 Å². The Morgan fingerprint density at radius 2 is 1.45 bits per heavy atom. The first-order chi connectivity index (χ1) is 9.83. The van der Waals surface area contributed by atoms with Gasteiger partial charge in [0.2, 0.25) is 5.91 Å². The largest absolute Gasteiger partial charge is 0.341 e. The Bertz CT molecular complexity index is 359. The minimum absolute atomic E-state index is 0.248. The second kappa shape index (κ2) is 5.32. The van der Waals surface area contributed by atoms with Gasteiger partial charge in [-0.2, -0.15) is 0 Å². The Morgan fingerprint density at radius 3 is 2.00 bits per heavy atom. The van der Waals surface area contributed by atoms with Crippen molar-refractivity contribution < 1.29 is 4.79 Å². The fourth-order valence-electron chi connectivity index (χ4n) is 4.86. The first kappa shape index (κ1) is 13.1. The molecule has 2 saturated carbocycles. The van der Waals surface area contributed by atoms with E-state index in [1.165, 1.54) is 51.4 Å². The minimum atomic E-state index is 0.248. The second-order valence-corrected chi connectivity index (χ2v) is 7.57. The predicted molar refractivity (Wildman–Crippen MR) is 79.3 cm³/mol. The van der Waals surface area contributed by atoms with E-state index in [9.17, 15) is 4.79 Å². The highest BCUT2D eigenvalue weighted by atomic mass is 16.2. The summed E-state index contributed by atoms with van der Waals surface area (Å²) >= 11 is 0. The van der Waals surface area contributed by atoms with Gasteiger partial charge in [-0.15, -0.1) is 0 Å². The van der Waals surface area contributed by atoms with E-state index < -0.39 is 0 Å². The van der Waals surface area contributed by atoms with Crippen LogP contribution >= 0.6 is 0 Å². The molecule has 0 bridgehead atoms. The molecule has 2 aliphatic heterocycles.